The molecule has 4 nitrogen and oxygen atoms in total. The highest BCUT2D eigenvalue weighted by Crippen LogP contribution is 2.04. The first-order chi connectivity index (χ1) is 5.75. The summed E-state index contributed by atoms with van der Waals surface area (Å²) in [5, 5.41) is 8.40. The van der Waals surface area contributed by atoms with E-state index in [0.717, 1.165) is 0 Å². The minimum absolute atomic E-state index is 0.159. The Morgan fingerprint density at radius 1 is 1.75 bits per heavy atom. The second-order valence-corrected chi connectivity index (χ2v) is 2.21. The summed E-state index contributed by atoms with van der Waals surface area (Å²) >= 11 is 0. The van der Waals surface area contributed by atoms with Crippen LogP contribution in [0, 0.1) is 11.3 Å². The highest BCUT2D eigenvalue weighted by Gasteiger charge is 2.07. The number of nitriles is 1. The van der Waals surface area contributed by atoms with Crippen molar-refractivity contribution in [3.05, 3.63) is 29.6 Å². The molecule has 12 heavy (non-hydrogen) atoms. The molecule has 0 atom stereocenters. The van der Waals surface area contributed by atoms with E-state index in [1.165, 1.54) is 6.20 Å². The van der Waals surface area contributed by atoms with Crippen molar-refractivity contribution in [1.29, 1.82) is 5.26 Å². The van der Waals surface area contributed by atoms with Crippen LogP contribution in [-0.4, -0.2) is 10.9 Å². The molecule has 60 valence electrons. The maximum Gasteiger partial charge on any atom is 0.267 e. The number of hydrogen-bond donors (Lipinski definition) is 1. The normalized spacial score (nSPS) is 8.92. The summed E-state index contributed by atoms with van der Waals surface area (Å²) in [6.45, 7) is 0. The minimum atomic E-state index is -0.596. The topological polar surface area (TPSA) is 79.8 Å². The molecule has 0 aliphatic rings. The van der Waals surface area contributed by atoms with Crippen molar-refractivity contribution in [2.24, 2.45) is 5.73 Å². The molecule has 0 saturated carbocycles. The third-order valence-electron chi connectivity index (χ3n) is 1.39. The van der Waals surface area contributed by atoms with Crippen molar-refractivity contribution in [1.82, 2.24) is 4.98 Å². The van der Waals surface area contributed by atoms with E-state index < -0.39 is 5.91 Å². The number of carbonyl (C=O) groups is 1. The van der Waals surface area contributed by atoms with Gasteiger partial charge in [-0.1, -0.05) is 6.07 Å². The smallest absolute Gasteiger partial charge is 0.267 e. The van der Waals surface area contributed by atoms with Crippen LogP contribution in [-0.2, 0) is 6.42 Å². The predicted molar refractivity (Wildman–Crippen MR) is 42.1 cm³/mol. The van der Waals surface area contributed by atoms with Gasteiger partial charge in [0.15, 0.2) is 0 Å². The third kappa shape index (κ3) is 1.58. The second-order valence-electron chi connectivity index (χ2n) is 2.21. The Kier molecular flexibility index (Phi) is 2.38. The molecule has 0 unspecified atom stereocenters. The molecule has 1 aromatic heterocycles. The second kappa shape index (κ2) is 3.49. The Bertz CT molecular complexity index is 340. The van der Waals surface area contributed by atoms with Gasteiger partial charge in [-0.25, -0.2) is 0 Å². The first-order valence-electron chi connectivity index (χ1n) is 3.36. The number of amides is 1. The average molecular weight is 161 g/mol. The van der Waals surface area contributed by atoms with E-state index in [2.05, 4.69) is 4.98 Å². The summed E-state index contributed by atoms with van der Waals surface area (Å²) in [7, 11) is 0. The zero-order chi connectivity index (χ0) is 8.97. The molecule has 0 aromatic carbocycles. The van der Waals surface area contributed by atoms with Gasteiger partial charge >= 0.3 is 0 Å². The molecular formula is C8H7N3O. The molecule has 0 aliphatic heterocycles. The molecule has 0 bridgehead atoms. The van der Waals surface area contributed by atoms with Gasteiger partial charge in [0, 0.05) is 6.20 Å². The van der Waals surface area contributed by atoms with Crippen LogP contribution >= 0.6 is 0 Å². The summed E-state index contributed by atoms with van der Waals surface area (Å²) in [5.74, 6) is -0.596. The van der Waals surface area contributed by atoms with Gasteiger partial charge < -0.3 is 5.73 Å². The molecule has 0 spiro atoms. The average Bonchev–Trinajstić information content (AvgIpc) is 2.05. The summed E-state index contributed by atoms with van der Waals surface area (Å²) < 4.78 is 0. The van der Waals surface area contributed by atoms with Crippen LogP contribution in [0.15, 0.2) is 18.3 Å². The lowest BCUT2D eigenvalue weighted by Gasteiger charge is -1.98. The number of pyridine rings is 1. The zero-order valence-electron chi connectivity index (χ0n) is 6.32. The van der Waals surface area contributed by atoms with Gasteiger partial charge in [0.1, 0.15) is 5.69 Å². The van der Waals surface area contributed by atoms with Crippen LogP contribution in [0.4, 0.5) is 0 Å². The van der Waals surface area contributed by atoms with Crippen LogP contribution in [0.1, 0.15) is 16.1 Å². The fourth-order valence-electron chi connectivity index (χ4n) is 0.888. The predicted octanol–water partition coefficient (Wildman–Crippen LogP) is 0.247. The molecule has 2 N–H and O–H groups in total. The number of carbonyl (C=O) groups excluding carboxylic acids is 1. The van der Waals surface area contributed by atoms with Gasteiger partial charge in [-0.2, -0.15) is 5.26 Å². The summed E-state index contributed by atoms with van der Waals surface area (Å²) in [6.07, 6.45) is 1.63. The molecule has 1 amide bonds. The SMILES string of the molecule is N#CCc1cccnc1C(N)=O. The van der Waals surface area contributed by atoms with Crippen molar-refractivity contribution in [2.45, 2.75) is 6.42 Å². The molecule has 1 heterocycles. The molecule has 4 heteroatoms. The van der Waals surface area contributed by atoms with E-state index in [4.69, 9.17) is 11.0 Å². The number of aromatic nitrogens is 1. The maximum atomic E-state index is 10.7. The Balaban J connectivity index is 3.10. The van der Waals surface area contributed by atoms with Gasteiger partial charge in [0.25, 0.3) is 5.91 Å². The fraction of sp³-hybridized carbons (Fsp3) is 0.125. The molecule has 1 aromatic rings. The number of nitrogens with two attached hydrogens (primary N) is 1. The van der Waals surface area contributed by atoms with Crippen molar-refractivity contribution >= 4 is 5.91 Å². The number of primary amides is 1. The molecule has 1 rings (SSSR count). The van der Waals surface area contributed by atoms with E-state index in [1.54, 1.807) is 12.1 Å². The molecule has 0 fully saturated rings. The summed E-state index contributed by atoms with van der Waals surface area (Å²) in [6, 6.07) is 5.26. The van der Waals surface area contributed by atoms with E-state index in [1.807, 2.05) is 6.07 Å². The molecule has 0 saturated heterocycles. The largest absolute Gasteiger partial charge is 0.364 e. The number of hydrogen-bond acceptors (Lipinski definition) is 3. The lowest BCUT2D eigenvalue weighted by atomic mass is 10.1. The third-order valence-corrected chi connectivity index (χ3v) is 1.39. The lowest BCUT2D eigenvalue weighted by Crippen LogP contribution is -2.15. The van der Waals surface area contributed by atoms with Crippen LogP contribution in [0.3, 0.4) is 0 Å². The first-order valence-corrected chi connectivity index (χ1v) is 3.36. The zero-order valence-corrected chi connectivity index (χ0v) is 6.32. The van der Waals surface area contributed by atoms with Gasteiger partial charge in [0.2, 0.25) is 0 Å². The van der Waals surface area contributed by atoms with E-state index >= 15 is 0 Å². The first kappa shape index (κ1) is 8.21. The van der Waals surface area contributed by atoms with Gasteiger partial charge in [0.05, 0.1) is 12.5 Å². The Hall–Kier alpha value is -1.89. The molecular weight excluding hydrogens is 154 g/mol. The van der Waals surface area contributed by atoms with Crippen LogP contribution in [0.2, 0.25) is 0 Å². The van der Waals surface area contributed by atoms with Crippen molar-refractivity contribution < 1.29 is 4.79 Å². The van der Waals surface area contributed by atoms with Crippen molar-refractivity contribution in [3.63, 3.8) is 0 Å². The van der Waals surface area contributed by atoms with Gasteiger partial charge in [-0.3, -0.25) is 9.78 Å². The fourth-order valence-corrected chi connectivity index (χ4v) is 0.888. The number of rotatable bonds is 2. The quantitative estimate of drug-likeness (QED) is 0.674. The van der Waals surface area contributed by atoms with E-state index in [0.29, 0.717) is 5.56 Å². The van der Waals surface area contributed by atoms with Gasteiger partial charge in [-0.05, 0) is 11.6 Å². The summed E-state index contributed by atoms with van der Waals surface area (Å²) in [4.78, 5) is 14.5. The Labute approximate surface area is 69.6 Å². The summed E-state index contributed by atoms with van der Waals surface area (Å²) in [5.41, 5.74) is 5.79. The van der Waals surface area contributed by atoms with Crippen molar-refractivity contribution in [2.75, 3.05) is 0 Å². The highest BCUT2D eigenvalue weighted by atomic mass is 16.1. The Morgan fingerprint density at radius 3 is 3.08 bits per heavy atom. The molecule has 0 radical (unpaired) electrons. The van der Waals surface area contributed by atoms with Crippen LogP contribution < -0.4 is 5.73 Å². The standard InChI is InChI=1S/C8H7N3O/c9-4-3-6-2-1-5-11-7(6)8(10)12/h1-2,5H,3H2,(H2,10,12). The maximum absolute atomic E-state index is 10.7. The number of nitrogens with zero attached hydrogens (tertiary/aromatic N) is 2. The minimum Gasteiger partial charge on any atom is -0.364 e. The monoisotopic (exact) mass is 161 g/mol. The van der Waals surface area contributed by atoms with Crippen LogP contribution in [0.25, 0.3) is 0 Å². The van der Waals surface area contributed by atoms with Crippen molar-refractivity contribution in [3.8, 4) is 6.07 Å². The van der Waals surface area contributed by atoms with Crippen LogP contribution in [0.5, 0.6) is 0 Å². The highest BCUT2D eigenvalue weighted by molar-refractivity contribution is 5.92. The molecule has 0 aliphatic carbocycles. The van der Waals surface area contributed by atoms with E-state index in [-0.39, 0.29) is 12.1 Å². The Morgan fingerprint density at radius 2 is 2.50 bits per heavy atom. The van der Waals surface area contributed by atoms with E-state index in [9.17, 15) is 4.79 Å². The van der Waals surface area contributed by atoms with Gasteiger partial charge in [-0.15, -0.1) is 0 Å². The lowest BCUT2D eigenvalue weighted by molar-refractivity contribution is 0.0995.